The molecule has 1 fully saturated rings. The van der Waals surface area contributed by atoms with Gasteiger partial charge in [-0.05, 0) is 57.2 Å². The van der Waals surface area contributed by atoms with E-state index in [1.54, 1.807) is 6.92 Å². The van der Waals surface area contributed by atoms with Gasteiger partial charge in [0.25, 0.3) is 11.5 Å². The average molecular weight is 530 g/mol. The number of nitrogens with one attached hydrogen (secondary N) is 2. The number of rotatable bonds is 8. The van der Waals surface area contributed by atoms with Crippen LogP contribution in [0.25, 0.3) is 10.2 Å². The van der Waals surface area contributed by atoms with Gasteiger partial charge in [-0.1, -0.05) is 36.4 Å². The average Bonchev–Trinajstić information content (AvgIpc) is 3.48. The molecule has 192 valence electrons. The minimum atomic E-state index is -0.473. The van der Waals surface area contributed by atoms with Crippen LogP contribution < -0.4 is 22.0 Å². The number of hydrogen-bond acceptors (Lipinski definition) is 8. The lowest BCUT2D eigenvalue weighted by Gasteiger charge is -2.17. The molecule has 36 heavy (non-hydrogen) atoms. The number of ether oxygens (including phenoxy) is 1. The minimum absolute atomic E-state index is 0.0426. The molecule has 0 radical (unpaired) electrons. The van der Waals surface area contributed by atoms with Gasteiger partial charge in [0.1, 0.15) is 4.83 Å². The summed E-state index contributed by atoms with van der Waals surface area (Å²) in [6.07, 6.45) is 2.51. The molecule has 3 aromatic rings. The zero-order chi connectivity index (χ0) is 26.0. The number of nitrogen functional groups attached to an aromatic ring is 1. The summed E-state index contributed by atoms with van der Waals surface area (Å²) in [6, 6.07) is 5.78. The first kappa shape index (κ1) is 26.2. The molecule has 11 heteroatoms. The molecule has 0 spiro atoms. The van der Waals surface area contributed by atoms with Crippen LogP contribution in [0.2, 0.25) is 0 Å². The molecule has 2 atom stereocenters. The van der Waals surface area contributed by atoms with Crippen molar-refractivity contribution in [2.75, 3.05) is 24.3 Å². The van der Waals surface area contributed by atoms with E-state index in [1.165, 1.54) is 0 Å². The number of thiophene rings is 1. The number of hydrogen-bond donors (Lipinski definition) is 3. The largest absolute Gasteiger partial charge is 0.376 e. The second kappa shape index (κ2) is 11.0. The molecule has 4 rings (SSSR count). The van der Waals surface area contributed by atoms with Crippen molar-refractivity contribution < 1.29 is 14.3 Å². The summed E-state index contributed by atoms with van der Waals surface area (Å²) in [4.78, 5) is 44.4. The molecular formula is C25H31N5O4S2. The lowest BCUT2D eigenvalue weighted by Crippen LogP contribution is -2.38. The molecule has 2 amide bonds. The van der Waals surface area contributed by atoms with Crippen LogP contribution in [0.5, 0.6) is 0 Å². The summed E-state index contributed by atoms with van der Waals surface area (Å²) in [5.41, 5.74) is 2.85. The van der Waals surface area contributed by atoms with Gasteiger partial charge in [0, 0.05) is 18.8 Å². The van der Waals surface area contributed by atoms with E-state index in [2.05, 4.69) is 15.6 Å². The molecule has 0 unspecified atom stereocenters. The van der Waals surface area contributed by atoms with Gasteiger partial charge in [0.2, 0.25) is 5.91 Å². The number of carbonyl (C=O) groups excluding carboxylic acids is 2. The fraction of sp³-hybridized carbons (Fsp3) is 0.440. The van der Waals surface area contributed by atoms with Crippen LogP contribution in [-0.4, -0.2) is 46.0 Å². The third kappa shape index (κ3) is 5.42. The van der Waals surface area contributed by atoms with E-state index >= 15 is 0 Å². The number of aromatic nitrogens is 2. The third-order valence-electron chi connectivity index (χ3n) is 6.24. The number of benzene rings is 1. The molecular weight excluding hydrogens is 498 g/mol. The van der Waals surface area contributed by atoms with Gasteiger partial charge in [-0.25, -0.2) is 9.66 Å². The predicted octanol–water partition coefficient (Wildman–Crippen LogP) is 3.52. The molecule has 1 aromatic carbocycles. The third-order valence-corrected chi connectivity index (χ3v) is 8.75. The van der Waals surface area contributed by atoms with Crippen LogP contribution >= 0.6 is 23.1 Å². The number of anilines is 1. The summed E-state index contributed by atoms with van der Waals surface area (Å²) >= 11 is 2.29. The van der Waals surface area contributed by atoms with E-state index in [4.69, 9.17) is 10.6 Å². The van der Waals surface area contributed by atoms with E-state index in [1.807, 2.05) is 39.0 Å². The summed E-state index contributed by atoms with van der Waals surface area (Å²) in [5, 5.41) is 5.94. The highest BCUT2D eigenvalue weighted by Gasteiger charge is 2.26. The second-order valence-electron chi connectivity index (χ2n) is 8.97. The van der Waals surface area contributed by atoms with Gasteiger partial charge in [-0.3, -0.25) is 14.4 Å². The van der Waals surface area contributed by atoms with Crippen molar-refractivity contribution in [3.8, 4) is 0 Å². The Morgan fingerprint density at radius 2 is 2.11 bits per heavy atom. The fourth-order valence-electron chi connectivity index (χ4n) is 4.19. The van der Waals surface area contributed by atoms with Gasteiger partial charge < -0.3 is 21.2 Å². The Morgan fingerprint density at radius 1 is 1.33 bits per heavy atom. The molecule has 1 aliphatic heterocycles. The zero-order valence-corrected chi connectivity index (χ0v) is 22.5. The maximum absolute atomic E-state index is 13.1. The highest BCUT2D eigenvalue weighted by atomic mass is 32.2. The lowest BCUT2D eigenvalue weighted by atomic mass is 10.1. The Balaban J connectivity index is 1.57. The molecule has 0 saturated carbocycles. The molecule has 3 heterocycles. The summed E-state index contributed by atoms with van der Waals surface area (Å²) in [7, 11) is 0. The first-order valence-electron chi connectivity index (χ1n) is 11.9. The van der Waals surface area contributed by atoms with Crippen molar-refractivity contribution in [2.24, 2.45) is 0 Å². The molecule has 4 N–H and O–H groups in total. The summed E-state index contributed by atoms with van der Waals surface area (Å²) < 4.78 is 6.54. The van der Waals surface area contributed by atoms with E-state index in [9.17, 15) is 14.4 Å². The van der Waals surface area contributed by atoms with E-state index < -0.39 is 10.8 Å². The monoisotopic (exact) mass is 529 g/mol. The Labute approximate surface area is 217 Å². The van der Waals surface area contributed by atoms with E-state index in [0.29, 0.717) is 39.3 Å². The standard InChI is InChI=1S/C25H31N5O4S2/c1-5-18(21(31)27-12-16-7-6-10-34-16)35-25-29-23-19(24(33)30(25)26)15(4)20(36-23)22(32)28-17-9-8-13(2)11-14(17)3/h8-9,11,16,18H,5-7,10,12,26H2,1-4H3,(H,27,31)(H,28,32)/t16-,18+/m1/s1. The Bertz CT molecular complexity index is 1360. The Kier molecular flexibility index (Phi) is 8.01. The van der Waals surface area contributed by atoms with Crippen LogP contribution in [0, 0.1) is 20.8 Å². The van der Waals surface area contributed by atoms with Gasteiger partial charge in [0.15, 0.2) is 5.16 Å². The second-order valence-corrected chi connectivity index (χ2v) is 11.1. The molecule has 0 bridgehead atoms. The van der Waals surface area contributed by atoms with Crippen LogP contribution in [0.15, 0.2) is 28.2 Å². The number of thioether (sulfide) groups is 1. The number of aryl methyl sites for hydroxylation is 3. The molecule has 1 saturated heterocycles. The van der Waals surface area contributed by atoms with Gasteiger partial charge in [0.05, 0.1) is 21.6 Å². The predicted molar refractivity (Wildman–Crippen MR) is 145 cm³/mol. The zero-order valence-electron chi connectivity index (χ0n) is 20.8. The minimum Gasteiger partial charge on any atom is -0.376 e. The van der Waals surface area contributed by atoms with Crippen molar-refractivity contribution >= 4 is 50.8 Å². The topological polar surface area (TPSA) is 128 Å². The van der Waals surface area contributed by atoms with Crippen molar-refractivity contribution in [3.63, 3.8) is 0 Å². The molecule has 0 aliphatic carbocycles. The van der Waals surface area contributed by atoms with Crippen LogP contribution in [0.4, 0.5) is 5.69 Å². The smallest absolute Gasteiger partial charge is 0.281 e. The van der Waals surface area contributed by atoms with Crippen molar-refractivity contribution in [2.45, 2.75) is 63.5 Å². The number of amides is 2. The van der Waals surface area contributed by atoms with Gasteiger partial charge in [-0.2, -0.15) is 0 Å². The fourth-order valence-corrected chi connectivity index (χ4v) is 6.27. The summed E-state index contributed by atoms with van der Waals surface area (Å²) in [6.45, 7) is 8.72. The Morgan fingerprint density at radius 3 is 2.78 bits per heavy atom. The number of nitrogens with zero attached hydrogens (tertiary/aromatic N) is 2. The van der Waals surface area contributed by atoms with Crippen LogP contribution in [0.3, 0.4) is 0 Å². The number of nitrogens with two attached hydrogens (primary N) is 1. The van der Waals surface area contributed by atoms with E-state index in [0.717, 1.165) is 58.4 Å². The van der Waals surface area contributed by atoms with Crippen LogP contribution in [0.1, 0.15) is 52.5 Å². The maximum atomic E-state index is 13.1. The highest BCUT2D eigenvalue weighted by Crippen LogP contribution is 2.31. The highest BCUT2D eigenvalue weighted by molar-refractivity contribution is 8.00. The quantitative estimate of drug-likeness (QED) is 0.231. The molecule has 2 aromatic heterocycles. The first-order valence-corrected chi connectivity index (χ1v) is 13.6. The Hall–Kier alpha value is -2.89. The number of fused-ring (bicyclic) bond motifs is 1. The normalized spacial score (nSPS) is 16.3. The first-order chi connectivity index (χ1) is 17.2. The van der Waals surface area contributed by atoms with Gasteiger partial charge >= 0.3 is 0 Å². The molecule has 9 nitrogen and oxygen atoms in total. The van der Waals surface area contributed by atoms with E-state index in [-0.39, 0.29) is 23.1 Å². The number of carbonyl (C=O) groups is 2. The lowest BCUT2D eigenvalue weighted by molar-refractivity contribution is -0.121. The molecule has 1 aliphatic rings. The van der Waals surface area contributed by atoms with Gasteiger partial charge in [-0.15, -0.1) is 11.3 Å². The summed E-state index contributed by atoms with van der Waals surface area (Å²) in [5.74, 6) is 5.65. The maximum Gasteiger partial charge on any atom is 0.281 e. The van der Waals surface area contributed by atoms with Crippen molar-refractivity contribution in [1.29, 1.82) is 0 Å². The van der Waals surface area contributed by atoms with Crippen molar-refractivity contribution in [1.82, 2.24) is 15.0 Å². The SMILES string of the molecule is CC[C@H](Sc1nc2sc(C(=O)Nc3ccc(C)cc3C)c(C)c2c(=O)n1N)C(=O)NC[C@H]1CCCO1. The van der Waals surface area contributed by atoms with Crippen LogP contribution in [-0.2, 0) is 9.53 Å². The van der Waals surface area contributed by atoms with Crippen molar-refractivity contribution in [3.05, 3.63) is 50.1 Å².